The molecule has 0 fully saturated rings. The maximum Gasteiger partial charge on any atom is 0.264 e. The quantitative estimate of drug-likeness (QED) is 0.725. The van der Waals surface area contributed by atoms with Crippen molar-refractivity contribution in [3.63, 3.8) is 0 Å². The van der Waals surface area contributed by atoms with E-state index < -0.39 is 0 Å². The molecule has 23 heavy (non-hydrogen) atoms. The molecule has 1 rings (SSSR count). The Balaban J connectivity index is 2.43. The molecule has 1 aromatic carbocycles. The Hall–Kier alpha value is -1.60. The molecule has 0 aliphatic rings. The minimum Gasteiger partial charge on any atom is -0.493 e. The fraction of sp³-hybridized carbons (Fsp3) is 0.500. The highest BCUT2D eigenvalue weighted by Crippen LogP contribution is 2.20. The molecule has 0 heterocycles. The van der Waals surface area contributed by atoms with Crippen LogP contribution in [0.2, 0.25) is 0 Å². The lowest BCUT2D eigenvalue weighted by molar-refractivity contribution is 0.151. The number of ether oxygens (including phenoxy) is 3. The van der Waals surface area contributed by atoms with Gasteiger partial charge in [0.1, 0.15) is 17.6 Å². The monoisotopic (exact) mass is 356 g/mol. The molecule has 1 unspecified atom stereocenters. The summed E-state index contributed by atoms with van der Waals surface area (Å²) < 4.78 is 16.9. The van der Waals surface area contributed by atoms with E-state index in [9.17, 15) is 0 Å². The van der Waals surface area contributed by atoms with E-state index in [1.165, 1.54) is 0 Å². The summed E-state index contributed by atoms with van der Waals surface area (Å²) in [4.78, 5) is 3.50. The van der Waals surface area contributed by atoms with Gasteiger partial charge in [0.25, 0.3) is 10.3 Å². The first-order valence-electron chi connectivity index (χ1n) is 7.29. The molecular weight excluding hydrogens is 332 g/mol. The fourth-order valence-corrected chi connectivity index (χ4v) is 1.76. The van der Waals surface area contributed by atoms with Crippen molar-refractivity contribution in [2.45, 2.75) is 19.4 Å². The third-order valence-electron chi connectivity index (χ3n) is 2.84. The summed E-state index contributed by atoms with van der Waals surface area (Å²) >= 11 is 10.2. The molecular formula is C16H24N2O3S2. The van der Waals surface area contributed by atoms with E-state index in [2.05, 4.69) is 0 Å². The third kappa shape index (κ3) is 7.47. The first kappa shape index (κ1) is 19.4. The van der Waals surface area contributed by atoms with Crippen molar-refractivity contribution in [2.24, 2.45) is 0 Å². The molecule has 0 amide bonds. The zero-order valence-electron chi connectivity index (χ0n) is 14.2. The van der Waals surface area contributed by atoms with Crippen LogP contribution in [0.3, 0.4) is 0 Å². The second-order valence-electron chi connectivity index (χ2n) is 5.46. The SMILES string of the molecule is CC(CCOc1cccc(OC(=S)N(C)C)c1)OC(=S)N(C)C. The van der Waals surface area contributed by atoms with Crippen molar-refractivity contribution in [3.8, 4) is 11.5 Å². The zero-order chi connectivity index (χ0) is 17.4. The van der Waals surface area contributed by atoms with Gasteiger partial charge in [0.2, 0.25) is 0 Å². The number of benzene rings is 1. The molecule has 0 N–H and O–H groups in total. The lowest BCUT2D eigenvalue weighted by atomic mass is 10.3. The number of nitrogens with zero attached hydrogens (tertiary/aromatic N) is 2. The van der Waals surface area contributed by atoms with Crippen LogP contribution in [0, 0.1) is 0 Å². The lowest BCUT2D eigenvalue weighted by Gasteiger charge is -2.20. The Labute approximate surface area is 149 Å². The summed E-state index contributed by atoms with van der Waals surface area (Å²) in [7, 11) is 7.38. The second-order valence-corrected chi connectivity index (χ2v) is 6.16. The molecule has 7 heteroatoms. The largest absolute Gasteiger partial charge is 0.493 e. The number of rotatable bonds is 6. The Morgan fingerprint density at radius 3 is 2.26 bits per heavy atom. The average molecular weight is 357 g/mol. The summed E-state index contributed by atoms with van der Waals surface area (Å²) in [6, 6.07) is 7.39. The van der Waals surface area contributed by atoms with Crippen molar-refractivity contribution in [3.05, 3.63) is 24.3 Å². The van der Waals surface area contributed by atoms with Crippen LogP contribution in [-0.2, 0) is 4.74 Å². The Morgan fingerprint density at radius 1 is 1.04 bits per heavy atom. The zero-order valence-corrected chi connectivity index (χ0v) is 15.9. The maximum atomic E-state index is 5.73. The minimum absolute atomic E-state index is 0.00866. The van der Waals surface area contributed by atoms with E-state index >= 15 is 0 Å². The van der Waals surface area contributed by atoms with Gasteiger partial charge in [0.05, 0.1) is 6.61 Å². The molecule has 5 nitrogen and oxygen atoms in total. The number of hydrogen-bond donors (Lipinski definition) is 0. The molecule has 0 bridgehead atoms. The number of thiocarbonyl (C=S) groups is 2. The van der Waals surface area contributed by atoms with Crippen molar-refractivity contribution in [1.29, 1.82) is 0 Å². The predicted molar refractivity (Wildman–Crippen MR) is 100 cm³/mol. The summed E-state index contributed by atoms with van der Waals surface area (Å²) in [5, 5.41) is 0.881. The summed E-state index contributed by atoms with van der Waals surface area (Å²) in [6.45, 7) is 2.49. The van der Waals surface area contributed by atoms with Crippen molar-refractivity contribution < 1.29 is 14.2 Å². The smallest absolute Gasteiger partial charge is 0.264 e. The van der Waals surface area contributed by atoms with Crippen LogP contribution in [0.1, 0.15) is 13.3 Å². The Bertz CT molecular complexity index is 536. The van der Waals surface area contributed by atoms with Gasteiger partial charge in [-0.1, -0.05) is 6.07 Å². The molecule has 1 aromatic rings. The summed E-state index contributed by atoms with van der Waals surface area (Å²) in [5.74, 6) is 1.38. The fourth-order valence-electron chi connectivity index (χ4n) is 1.50. The maximum absolute atomic E-state index is 5.73. The summed E-state index contributed by atoms with van der Waals surface area (Å²) in [6.07, 6.45) is 0.723. The highest BCUT2D eigenvalue weighted by molar-refractivity contribution is 7.80. The highest BCUT2D eigenvalue weighted by Gasteiger charge is 2.09. The molecule has 0 saturated heterocycles. The van der Waals surface area contributed by atoms with Gasteiger partial charge in [-0.05, 0) is 43.5 Å². The van der Waals surface area contributed by atoms with Gasteiger partial charge < -0.3 is 24.0 Å². The predicted octanol–water partition coefficient (Wildman–Crippen LogP) is 2.93. The third-order valence-corrected chi connectivity index (χ3v) is 3.75. The van der Waals surface area contributed by atoms with E-state index in [4.69, 9.17) is 38.6 Å². The van der Waals surface area contributed by atoms with E-state index in [0.29, 0.717) is 22.7 Å². The highest BCUT2D eigenvalue weighted by atomic mass is 32.1. The Kier molecular flexibility index (Phi) is 8.05. The molecule has 0 spiro atoms. The topological polar surface area (TPSA) is 34.2 Å². The van der Waals surface area contributed by atoms with Crippen LogP contribution in [0.4, 0.5) is 0 Å². The van der Waals surface area contributed by atoms with E-state index in [-0.39, 0.29) is 6.10 Å². The summed E-state index contributed by atoms with van der Waals surface area (Å²) in [5.41, 5.74) is 0. The molecule has 0 aliphatic heterocycles. The van der Waals surface area contributed by atoms with E-state index in [0.717, 1.165) is 12.2 Å². The first-order chi connectivity index (χ1) is 10.8. The number of hydrogen-bond acceptors (Lipinski definition) is 5. The van der Waals surface area contributed by atoms with E-state index in [1.807, 2.05) is 59.4 Å². The van der Waals surface area contributed by atoms with Crippen LogP contribution in [0.15, 0.2) is 24.3 Å². The van der Waals surface area contributed by atoms with Gasteiger partial charge in [-0.15, -0.1) is 0 Å². The van der Waals surface area contributed by atoms with Crippen molar-refractivity contribution >= 4 is 34.8 Å². The van der Waals surface area contributed by atoms with Gasteiger partial charge in [0.15, 0.2) is 0 Å². The molecule has 0 radical (unpaired) electrons. The molecule has 0 saturated carbocycles. The van der Waals surface area contributed by atoms with Crippen LogP contribution in [0.5, 0.6) is 11.5 Å². The second kappa shape index (κ2) is 9.52. The van der Waals surface area contributed by atoms with Crippen LogP contribution in [-0.4, -0.2) is 61.1 Å². The van der Waals surface area contributed by atoms with Gasteiger partial charge >= 0.3 is 0 Å². The van der Waals surface area contributed by atoms with E-state index in [1.54, 1.807) is 9.80 Å². The van der Waals surface area contributed by atoms with Gasteiger partial charge in [-0.3, -0.25) is 0 Å². The van der Waals surface area contributed by atoms with Gasteiger partial charge in [-0.2, -0.15) is 0 Å². The van der Waals surface area contributed by atoms with Crippen molar-refractivity contribution in [2.75, 3.05) is 34.8 Å². The molecule has 0 aromatic heterocycles. The van der Waals surface area contributed by atoms with Crippen LogP contribution in [0.25, 0.3) is 0 Å². The average Bonchev–Trinajstić information content (AvgIpc) is 2.47. The minimum atomic E-state index is -0.00866. The molecule has 1 atom stereocenters. The van der Waals surface area contributed by atoms with Crippen LogP contribution >= 0.6 is 24.4 Å². The van der Waals surface area contributed by atoms with Gasteiger partial charge in [0, 0.05) is 40.7 Å². The Morgan fingerprint density at radius 2 is 1.65 bits per heavy atom. The van der Waals surface area contributed by atoms with Gasteiger partial charge in [-0.25, -0.2) is 0 Å². The lowest BCUT2D eigenvalue weighted by Crippen LogP contribution is -2.27. The standard InChI is InChI=1S/C16H24N2O3S2/c1-12(20-15(22)17(2)3)9-10-19-13-7-6-8-14(11-13)21-16(23)18(4)5/h6-8,11-12H,9-10H2,1-5H3. The normalized spacial score (nSPS) is 11.3. The molecule has 0 aliphatic carbocycles. The van der Waals surface area contributed by atoms with Crippen molar-refractivity contribution in [1.82, 2.24) is 9.80 Å². The molecule has 128 valence electrons. The van der Waals surface area contributed by atoms with Crippen LogP contribution < -0.4 is 9.47 Å². The first-order valence-corrected chi connectivity index (χ1v) is 8.11.